The molecule has 2 aromatic carbocycles. The second-order valence-corrected chi connectivity index (χ2v) is 10.2. The van der Waals surface area contributed by atoms with Crippen molar-refractivity contribution in [3.05, 3.63) is 82.3 Å². The lowest BCUT2D eigenvalue weighted by molar-refractivity contribution is -0.137. The summed E-state index contributed by atoms with van der Waals surface area (Å²) < 4.78 is 24.9. The Hall–Kier alpha value is -2.94. The highest BCUT2D eigenvalue weighted by atomic mass is 32.1. The average Bonchev–Trinajstić information content (AvgIpc) is 3.36. The van der Waals surface area contributed by atoms with Gasteiger partial charge in [-0.25, -0.2) is 4.39 Å². The van der Waals surface area contributed by atoms with Crippen molar-refractivity contribution in [3.8, 4) is 11.5 Å². The third-order valence-corrected chi connectivity index (χ3v) is 7.33. The van der Waals surface area contributed by atoms with E-state index in [2.05, 4.69) is 6.07 Å². The molecule has 0 fully saturated rings. The lowest BCUT2D eigenvalue weighted by atomic mass is 10.00. The van der Waals surface area contributed by atoms with Gasteiger partial charge in [-0.15, -0.1) is 11.3 Å². The summed E-state index contributed by atoms with van der Waals surface area (Å²) >= 11 is 1.70. The second-order valence-electron chi connectivity index (χ2n) is 9.22. The van der Waals surface area contributed by atoms with Crippen molar-refractivity contribution in [3.63, 3.8) is 0 Å². The van der Waals surface area contributed by atoms with Crippen LogP contribution in [0.4, 0.5) is 4.39 Å². The molecule has 1 aliphatic heterocycles. The van der Waals surface area contributed by atoms with Gasteiger partial charge in [-0.05, 0) is 73.7 Å². The molecule has 0 bridgehead atoms. The van der Waals surface area contributed by atoms with E-state index in [1.54, 1.807) is 23.5 Å². The van der Waals surface area contributed by atoms with Gasteiger partial charge >= 0.3 is 0 Å². The molecule has 1 amide bonds. The van der Waals surface area contributed by atoms with E-state index >= 15 is 0 Å². The van der Waals surface area contributed by atoms with E-state index in [0.29, 0.717) is 24.6 Å². The molecule has 0 unspecified atom stereocenters. The summed E-state index contributed by atoms with van der Waals surface area (Å²) in [4.78, 5) is 18.7. The van der Waals surface area contributed by atoms with Crippen LogP contribution in [-0.2, 0) is 11.2 Å². The maximum atomic E-state index is 13.5. The number of aliphatic hydroxyl groups excluding tert-OH is 1. The molecule has 1 aliphatic rings. The minimum absolute atomic E-state index is 0.00978. The first kappa shape index (κ1) is 26.1. The van der Waals surface area contributed by atoms with E-state index in [1.807, 2.05) is 59.4 Å². The Balaban J connectivity index is 1.39. The highest BCUT2D eigenvalue weighted by molar-refractivity contribution is 7.10. The number of benzene rings is 2. The molecular formula is C28H33FN2O4S. The molecule has 192 valence electrons. The number of para-hydroxylation sites is 1. The first-order valence-electron chi connectivity index (χ1n) is 12.2. The molecule has 0 spiro atoms. The molecule has 4 rings (SSSR count). The molecule has 0 aliphatic carbocycles. The molecule has 36 heavy (non-hydrogen) atoms. The van der Waals surface area contributed by atoms with E-state index in [9.17, 15) is 14.3 Å². The molecule has 2 heterocycles. The number of amides is 1. The Morgan fingerprint density at radius 3 is 2.56 bits per heavy atom. The van der Waals surface area contributed by atoms with Gasteiger partial charge in [0.2, 0.25) is 5.91 Å². The fourth-order valence-corrected chi connectivity index (χ4v) is 5.26. The number of halogens is 1. The lowest BCUT2D eigenvalue weighted by Gasteiger charge is -2.38. The number of carbonyl (C=O) groups is 1. The van der Waals surface area contributed by atoms with Crippen LogP contribution in [0.1, 0.15) is 30.3 Å². The van der Waals surface area contributed by atoms with Crippen LogP contribution in [-0.4, -0.2) is 65.8 Å². The van der Waals surface area contributed by atoms with Gasteiger partial charge in [0, 0.05) is 24.0 Å². The van der Waals surface area contributed by atoms with Crippen molar-refractivity contribution in [1.82, 2.24) is 9.80 Å². The van der Waals surface area contributed by atoms with Crippen molar-refractivity contribution in [2.75, 3.05) is 32.8 Å². The number of hydrogen-bond donors (Lipinski definition) is 1. The van der Waals surface area contributed by atoms with E-state index in [4.69, 9.17) is 9.47 Å². The van der Waals surface area contributed by atoms with Crippen LogP contribution >= 0.6 is 11.3 Å². The number of hydrogen-bond acceptors (Lipinski definition) is 6. The van der Waals surface area contributed by atoms with Gasteiger partial charge in [0.1, 0.15) is 36.6 Å². The van der Waals surface area contributed by atoms with E-state index in [1.165, 1.54) is 17.0 Å². The van der Waals surface area contributed by atoms with Gasteiger partial charge in [0.15, 0.2) is 0 Å². The number of fused-ring (bicyclic) bond motifs is 1. The number of nitrogens with zero attached hydrogens (tertiary/aromatic N) is 2. The zero-order valence-electron chi connectivity index (χ0n) is 20.7. The molecule has 2 atom stereocenters. The average molecular weight is 513 g/mol. The lowest BCUT2D eigenvalue weighted by Crippen LogP contribution is -2.49. The molecule has 3 aromatic rings. The van der Waals surface area contributed by atoms with E-state index in [0.717, 1.165) is 12.0 Å². The zero-order valence-corrected chi connectivity index (χ0v) is 21.5. The number of aliphatic hydroxyl groups is 1. The summed E-state index contributed by atoms with van der Waals surface area (Å²) in [6.07, 6.45) is 0.0731. The highest BCUT2D eigenvalue weighted by Gasteiger charge is 2.33. The standard InChI is InChI=1S/C28H33FN2O4S/c1-20(2)30(16-22(32)18-34-23-6-4-3-5-7-23)17-28(33)31-14-12-27-25(13-15-36-27)26(31)19-35-24-10-8-21(29)9-11-24/h3-11,13,15,20,22,26,32H,12,14,16-19H2,1-2H3/t22-,26-/m1/s1. The van der Waals surface area contributed by atoms with Gasteiger partial charge in [-0.1, -0.05) is 18.2 Å². The van der Waals surface area contributed by atoms with Crippen molar-refractivity contribution < 1.29 is 23.8 Å². The van der Waals surface area contributed by atoms with Crippen LogP contribution in [0.5, 0.6) is 11.5 Å². The summed E-state index contributed by atoms with van der Waals surface area (Å²) in [5.41, 5.74) is 1.11. The van der Waals surface area contributed by atoms with Gasteiger partial charge in [-0.2, -0.15) is 0 Å². The largest absolute Gasteiger partial charge is 0.491 e. The molecule has 1 aromatic heterocycles. The molecule has 0 radical (unpaired) electrons. The molecule has 1 N–H and O–H groups in total. The number of rotatable bonds is 11. The summed E-state index contributed by atoms with van der Waals surface area (Å²) in [5.74, 6) is 0.940. The van der Waals surface area contributed by atoms with E-state index < -0.39 is 6.10 Å². The van der Waals surface area contributed by atoms with Crippen LogP contribution in [0.3, 0.4) is 0 Å². The minimum Gasteiger partial charge on any atom is -0.491 e. The number of thiophene rings is 1. The monoisotopic (exact) mass is 512 g/mol. The van der Waals surface area contributed by atoms with Gasteiger partial charge < -0.3 is 19.5 Å². The van der Waals surface area contributed by atoms with Gasteiger partial charge in [-0.3, -0.25) is 9.69 Å². The van der Waals surface area contributed by atoms with Crippen LogP contribution in [0.25, 0.3) is 0 Å². The molecule has 8 heteroatoms. The highest BCUT2D eigenvalue weighted by Crippen LogP contribution is 2.34. The van der Waals surface area contributed by atoms with Crippen molar-refractivity contribution in [1.29, 1.82) is 0 Å². The molecule has 0 saturated carbocycles. The summed E-state index contributed by atoms with van der Waals surface area (Å²) in [6.45, 7) is 5.58. The van der Waals surface area contributed by atoms with Crippen LogP contribution in [0, 0.1) is 5.82 Å². The Labute approximate surface area is 215 Å². The summed E-state index contributed by atoms with van der Waals surface area (Å²) in [5, 5.41) is 12.6. The Kier molecular flexibility index (Phi) is 8.96. The van der Waals surface area contributed by atoms with Gasteiger partial charge in [0.05, 0.1) is 12.6 Å². The predicted octanol–water partition coefficient (Wildman–Crippen LogP) is 4.54. The maximum absolute atomic E-state index is 13.5. The van der Waals surface area contributed by atoms with Crippen molar-refractivity contribution in [2.45, 2.75) is 38.5 Å². The zero-order chi connectivity index (χ0) is 25.5. The second kappa shape index (κ2) is 12.3. The fraction of sp³-hybridized carbons (Fsp3) is 0.393. The number of carbonyl (C=O) groups excluding carboxylic acids is 1. The predicted molar refractivity (Wildman–Crippen MR) is 139 cm³/mol. The molecule has 6 nitrogen and oxygen atoms in total. The van der Waals surface area contributed by atoms with Crippen molar-refractivity contribution in [2.24, 2.45) is 0 Å². The maximum Gasteiger partial charge on any atom is 0.237 e. The first-order valence-corrected chi connectivity index (χ1v) is 13.1. The van der Waals surface area contributed by atoms with Crippen LogP contribution in [0.2, 0.25) is 0 Å². The fourth-order valence-electron chi connectivity index (χ4n) is 4.34. The summed E-state index contributed by atoms with van der Waals surface area (Å²) in [7, 11) is 0. The van der Waals surface area contributed by atoms with Crippen LogP contribution in [0.15, 0.2) is 66.0 Å². The Bertz CT molecular complexity index is 1110. The van der Waals surface area contributed by atoms with E-state index in [-0.39, 0.29) is 43.6 Å². The topological polar surface area (TPSA) is 62.2 Å². The van der Waals surface area contributed by atoms with Gasteiger partial charge in [0.25, 0.3) is 0 Å². The normalized spacial score (nSPS) is 16.2. The molecular weight excluding hydrogens is 479 g/mol. The quantitative estimate of drug-likeness (QED) is 0.409. The molecule has 0 saturated heterocycles. The Morgan fingerprint density at radius 1 is 1.11 bits per heavy atom. The third kappa shape index (κ3) is 6.84. The Morgan fingerprint density at radius 2 is 1.83 bits per heavy atom. The summed E-state index contributed by atoms with van der Waals surface area (Å²) in [6, 6.07) is 17.2. The SMILES string of the molecule is CC(C)N(CC(=O)N1CCc2sccc2[C@H]1COc1ccc(F)cc1)C[C@@H](O)COc1ccccc1. The first-order chi connectivity index (χ1) is 17.4. The number of ether oxygens (including phenoxy) is 2. The smallest absolute Gasteiger partial charge is 0.237 e. The third-order valence-electron chi connectivity index (χ3n) is 6.34. The van der Waals surface area contributed by atoms with Crippen molar-refractivity contribution >= 4 is 17.2 Å². The minimum atomic E-state index is -0.733. The van der Waals surface area contributed by atoms with Crippen LogP contribution < -0.4 is 9.47 Å².